The van der Waals surface area contributed by atoms with Gasteiger partial charge in [0.25, 0.3) is 5.91 Å². The zero-order valence-electron chi connectivity index (χ0n) is 12.2. The smallest absolute Gasteiger partial charge is 0.293 e. The molecule has 0 atom stereocenters. The van der Waals surface area contributed by atoms with Crippen molar-refractivity contribution in [2.24, 2.45) is 0 Å². The van der Waals surface area contributed by atoms with Crippen molar-refractivity contribution >= 4 is 11.6 Å². The van der Waals surface area contributed by atoms with Crippen molar-refractivity contribution in [3.63, 3.8) is 0 Å². The Morgan fingerprint density at radius 2 is 2.14 bits per heavy atom. The van der Waals surface area contributed by atoms with E-state index in [-0.39, 0.29) is 18.3 Å². The number of hydrogen-bond acceptors (Lipinski definition) is 4. The molecule has 0 spiro atoms. The second-order valence-electron chi connectivity index (χ2n) is 4.59. The summed E-state index contributed by atoms with van der Waals surface area (Å²) in [5.74, 6) is 5.70. The number of amides is 1. The van der Waals surface area contributed by atoms with Crippen molar-refractivity contribution in [2.45, 2.75) is 20.8 Å². The van der Waals surface area contributed by atoms with Crippen LogP contribution in [-0.2, 0) is 0 Å². The number of aliphatic hydroxyl groups excluding tert-OH is 1. The van der Waals surface area contributed by atoms with E-state index in [2.05, 4.69) is 22.1 Å². The first-order chi connectivity index (χ1) is 10.0. The molecule has 0 saturated carbocycles. The van der Waals surface area contributed by atoms with Crippen molar-refractivity contribution in [1.82, 2.24) is 4.98 Å². The maximum atomic E-state index is 12.2. The molecule has 0 aliphatic heterocycles. The SMILES string of the molecule is Cc1nc(C)c(C(=O)Nc2cc(C#CCO)ccc2C)o1. The molecule has 0 radical (unpaired) electrons. The van der Waals surface area contributed by atoms with Crippen LogP contribution in [0.25, 0.3) is 0 Å². The van der Waals surface area contributed by atoms with Crippen molar-refractivity contribution < 1.29 is 14.3 Å². The molecule has 2 aromatic rings. The second-order valence-corrected chi connectivity index (χ2v) is 4.59. The lowest BCUT2D eigenvalue weighted by Gasteiger charge is -2.07. The van der Waals surface area contributed by atoms with E-state index in [0.717, 1.165) is 11.1 Å². The van der Waals surface area contributed by atoms with Crippen molar-refractivity contribution in [2.75, 3.05) is 11.9 Å². The van der Waals surface area contributed by atoms with E-state index in [0.29, 0.717) is 17.3 Å². The average Bonchev–Trinajstić information content (AvgIpc) is 2.78. The zero-order valence-corrected chi connectivity index (χ0v) is 12.2. The van der Waals surface area contributed by atoms with E-state index in [1.54, 1.807) is 19.9 Å². The number of aliphatic hydroxyl groups is 1. The normalized spacial score (nSPS) is 9.90. The molecule has 0 bridgehead atoms. The van der Waals surface area contributed by atoms with Gasteiger partial charge in [-0.3, -0.25) is 4.79 Å². The molecule has 21 heavy (non-hydrogen) atoms. The molecule has 1 heterocycles. The van der Waals surface area contributed by atoms with Crippen LogP contribution >= 0.6 is 0 Å². The summed E-state index contributed by atoms with van der Waals surface area (Å²) < 4.78 is 5.30. The second kappa shape index (κ2) is 6.25. The highest BCUT2D eigenvalue weighted by atomic mass is 16.4. The van der Waals surface area contributed by atoms with Crippen LogP contribution in [0.15, 0.2) is 22.6 Å². The van der Waals surface area contributed by atoms with Crippen LogP contribution in [0.3, 0.4) is 0 Å². The summed E-state index contributed by atoms with van der Waals surface area (Å²) in [5.41, 5.74) is 2.83. The summed E-state index contributed by atoms with van der Waals surface area (Å²) in [7, 11) is 0. The van der Waals surface area contributed by atoms with Crippen LogP contribution in [0.1, 0.15) is 33.3 Å². The van der Waals surface area contributed by atoms with Gasteiger partial charge in [0.2, 0.25) is 5.76 Å². The number of carbonyl (C=O) groups is 1. The lowest BCUT2D eigenvalue weighted by molar-refractivity contribution is 0.0994. The summed E-state index contributed by atoms with van der Waals surface area (Å²) in [5, 5.41) is 11.5. The number of anilines is 1. The largest absolute Gasteiger partial charge is 0.436 e. The van der Waals surface area contributed by atoms with Crippen LogP contribution in [0.5, 0.6) is 0 Å². The maximum Gasteiger partial charge on any atom is 0.293 e. The highest BCUT2D eigenvalue weighted by molar-refractivity contribution is 6.03. The Labute approximate surface area is 123 Å². The Hall–Kier alpha value is -2.58. The number of aromatic nitrogens is 1. The molecule has 5 nitrogen and oxygen atoms in total. The molecule has 0 aliphatic rings. The molecule has 0 fully saturated rings. The third-order valence-corrected chi connectivity index (χ3v) is 2.91. The molecule has 108 valence electrons. The van der Waals surface area contributed by atoms with Gasteiger partial charge in [0.05, 0.1) is 5.69 Å². The molecule has 5 heteroatoms. The molecule has 1 amide bonds. The average molecular weight is 284 g/mol. The van der Waals surface area contributed by atoms with Crippen molar-refractivity contribution in [3.8, 4) is 11.8 Å². The lowest BCUT2D eigenvalue weighted by atomic mass is 10.1. The number of rotatable bonds is 2. The minimum Gasteiger partial charge on any atom is -0.436 e. The first kappa shape index (κ1) is 14.8. The van der Waals surface area contributed by atoms with Crippen LogP contribution in [0.2, 0.25) is 0 Å². The number of benzene rings is 1. The van der Waals surface area contributed by atoms with E-state index in [9.17, 15) is 4.79 Å². The van der Waals surface area contributed by atoms with Gasteiger partial charge >= 0.3 is 0 Å². The standard InChI is InChI=1S/C16H16N2O3/c1-10-6-7-13(5-4-8-19)9-14(10)18-16(20)15-11(2)17-12(3)21-15/h6-7,9,19H,8H2,1-3H3,(H,18,20). The number of hydrogen-bond donors (Lipinski definition) is 2. The molecule has 0 aliphatic carbocycles. The zero-order chi connectivity index (χ0) is 15.4. The van der Waals surface area contributed by atoms with Gasteiger partial charge in [-0.05, 0) is 31.5 Å². The van der Waals surface area contributed by atoms with Gasteiger partial charge < -0.3 is 14.8 Å². The molecule has 2 N–H and O–H groups in total. The Bertz CT molecular complexity index is 736. The van der Waals surface area contributed by atoms with Crippen LogP contribution in [0, 0.1) is 32.6 Å². The highest BCUT2D eigenvalue weighted by Crippen LogP contribution is 2.19. The van der Waals surface area contributed by atoms with Gasteiger partial charge in [0, 0.05) is 18.2 Å². The summed E-state index contributed by atoms with van der Waals surface area (Å²) >= 11 is 0. The summed E-state index contributed by atoms with van der Waals surface area (Å²) in [6.07, 6.45) is 0. The Kier molecular flexibility index (Phi) is 4.41. The Morgan fingerprint density at radius 1 is 1.38 bits per heavy atom. The van der Waals surface area contributed by atoms with E-state index in [1.165, 1.54) is 0 Å². The highest BCUT2D eigenvalue weighted by Gasteiger charge is 2.16. The third kappa shape index (κ3) is 3.50. The molecule has 2 rings (SSSR count). The van der Waals surface area contributed by atoms with E-state index >= 15 is 0 Å². The summed E-state index contributed by atoms with van der Waals surface area (Å²) in [4.78, 5) is 16.3. The van der Waals surface area contributed by atoms with Crippen molar-refractivity contribution in [1.29, 1.82) is 0 Å². The van der Waals surface area contributed by atoms with Gasteiger partial charge in [0.15, 0.2) is 5.89 Å². The van der Waals surface area contributed by atoms with Gasteiger partial charge in [-0.2, -0.15) is 0 Å². The maximum absolute atomic E-state index is 12.2. The van der Waals surface area contributed by atoms with Crippen LogP contribution in [0.4, 0.5) is 5.69 Å². The van der Waals surface area contributed by atoms with E-state index < -0.39 is 0 Å². The fraction of sp³-hybridized carbons (Fsp3) is 0.250. The molecule has 0 unspecified atom stereocenters. The molecule has 1 aromatic heterocycles. The number of nitrogens with zero attached hydrogens (tertiary/aromatic N) is 1. The molecular formula is C16H16N2O3. The van der Waals surface area contributed by atoms with Crippen LogP contribution in [-0.4, -0.2) is 22.6 Å². The minimum atomic E-state index is -0.344. The number of oxazole rings is 1. The predicted molar refractivity (Wildman–Crippen MR) is 79.1 cm³/mol. The number of carbonyl (C=O) groups excluding carboxylic acids is 1. The first-order valence-electron chi connectivity index (χ1n) is 6.47. The predicted octanol–water partition coefficient (Wildman–Crippen LogP) is 2.20. The fourth-order valence-electron chi connectivity index (χ4n) is 1.90. The fourth-order valence-corrected chi connectivity index (χ4v) is 1.90. The van der Waals surface area contributed by atoms with Gasteiger partial charge in [-0.25, -0.2) is 4.98 Å². The first-order valence-corrected chi connectivity index (χ1v) is 6.47. The number of aryl methyl sites for hydroxylation is 3. The quantitative estimate of drug-likeness (QED) is 0.829. The summed E-state index contributed by atoms with van der Waals surface area (Å²) in [6, 6.07) is 5.45. The lowest BCUT2D eigenvalue weighted by Crippen LogP contribution is -2.13. The van der Waals surface area contributed by atoms with Gasteiger partial charge in [-0.1, -0.05) is 17.9 Å². The van der Waals surface area contributed by atoms with E-state index in [4.69, 9.17) is 9.52 Å². The topological polar surface area (TPSA) is 75.4 Å². The molecular weight excluding hydrogens is 268 g/mol. The van der Waals surface area contributed by atoms with E-state index in [1.807, 2.05) is 19.1 Å². The van der Waals surface area contributed by atoms with Crippen LogP contribution < -0.4 is 5.32 Å². The summed E-state index contributed by atoms with van der Waals surface area (Å²) in [6.45, 7) is 5.10. The minimum absolute atomic E-state index is 0.202. The Balaban J connectivity index is 2.26. The molecule has 1 aromatic carbocycles. The van der Waals surface area contributed by atoms with Gasteiger partial charge in [-0.15, -0.1) is 0 Å². The third-order valence-electron chi connectivity index (χ3n) is 2.91. The van der Waals surface area contributed by atoms with Crippen molar-refractivity contribution in [3.05, 3.63) is 46.7 Å². The monoisotopic (exact) mass is 284 g/mol. The molecule has 0 saturated heterocycles. The van der Waals surface area contributed by atoms with Gasteiger partial charge in [0.1, 0.15) is 6.61 Å². The Morgan fingerprint density at radius 3 is 2.76 bits per heavy atom. The number of nitrogens with one attached hydrogen (secondary N) is 1.